The number of hydrogen-bond donors (Lipinski definition) is 2. The summed E-state index contributed by atoms with van der Waals surface area (Å²) in [5.41, 5.74) is -1.12. The van der Waals surface area contributed by atoms with Crippen molar-refractivity contribution in [2.24, 2.45) is 10.8 Å². The molecular formula is C17H30N2O3S. The van der Waals surface area contributed by atoms with Gasteiger partial charge in [0.2, 0.25) is 5.91 Å². The number of carbonyl (C=O) groups excluding carboxylic acids is 1. The van der Waals surface area contributed by atoms with Gasteiger partial charge in [0.25, 0.3) is 0 Å². The average molecular weight is 343 g/mol. The standard InChI is InChI=1S/C17H30N2O3S/c1-16(2,14(20)19-13-18)9-5-7-11-23-12-8-6-10-17(3,4)15(21)22/h5-12H2,1-4H3,(H,19,20)(H,21,22). The number of amides is 1. The van der Waals surface area contributed by atoms with Crippen molar-refractivity contribution in [3.05, 3.63) is 0 Å². The molecule has 0 aliphatic heterocycles. The maximum atomic E-state index is 11.7. The minimum Gasteiger partial charge on any atom is -0.481 e. The van der Waals surface area contributed by atoms with Crippen LogP contribution in [0.1, 0.15) is 66.2 Å². The number of hydrogen-bond acceptors (Lipinski definition) is 4. The molecule has 6 heteroatoms. The van der Waals surface area contributed by atoms with Gasteiger partial charge < -0.3 is 5.11 Å². The summed E-state index contributed by atoms with van der Waals surface area (Å²) >= 11 is 1.88. The maximum Gasteiger partial charge on any atom is 0.309 e. The first-order chi connectivity index (χ1) is 10.6. The number of thioether (sulfide) groups is 1. The average Bonchev–Trinajstić information content (AvgIpc) is 2.45. The Labute approximate surface area is 144 Å². The lowest BCUT2D eigenvalue weighted by Gasteiger charge is -2.21. The molecule has 0 unspecified atom stereocenters. The van der Waals surface area contributed by atoms with E-state index in [4.69, 9.17) is 10.4 Å². The maximum absolute atomic E-state index is 11.7. The highest BCUT2D eigenvalue weighted by Crippen LogP contribution is 2.25. The van der Waals surface area contributed by atoms with Crippen LogP contribution in [0.5, 0.6) is 0 Å². The third kappa shape index (κ3) is 9.50. The zero-order valence-electron chi connectivity index (χ0n) is 14.8. The molecule has 0 saturated carbocycles. The predicted octanol–water partition coefficient (Wildman–Crippen LogP) is 3.79. The molecule has 5 nitrogen and oxygen atoms in total. The minimum absolute atomic E-state index is 0.214. The number of unbranched alkanes of at least 4 members (excludes halogenated alkanes) is 2. The van der Waals surface area contributed by atoms with Crippen LogP contribution in [-0.4, -0.2) is 28.5 Å². The highest BCUT2D eigenvalue weighted by Gasteiger charge is 2.27. The van der Waals surface area contributed by atoms with E-state index in [0.29, 0.717) is 6.42 Å². The Hall–Kier alpha value is -1.22. The lowest BCUT2D eigenvalue weighted by molar-refractivity contribution is -0.147. The molecule has 132 valence electrons. The van der Waals surface area contributed by atoms with Crippen LogP contribution in [0.3, 0.4) is 0 Å². The molecule has 0 spiro atoms. The summed E-state index contributed by atoms with van der Waals surface area (Å²) in [7, 11) is 0. The lowest BCUT2D eigenvalue weighted by Crippen LogP contribution is -2.34. The summed E-state index contributed by atoms with van der Waals surface area (Å²) < 4.78 is 0. The van der Waals surface area contributed by atoms with Crippen LogP contribution in [0.15, 0.2) is 0 Å². The van der Waals surface area contributed by atoms with Crippen LogP contribution < -0.4 is 5.32 Å². The van der Waals surface area contributed by atoms with Crippen molar-refractivity contribution in [3.8, 4) is 6.19 Å². The van der Waals surface area contributed by atoms with Gasteiger partial charge >= 0.3 is 5.97 Å². The lowest BCUT2D eigenvalue weighted by atomic mass is 9.86. The van der Waals surface area contributed by atoms with Gasteiger partial charge in [-0.05, 0) is 51.0 Å². The van der Waals surface area contributed by atoms with Crippen LogP contribution in [0, 0.1) is 22.3 Å². The van der Waals surface area contributed by atoms with Crippen molar-refractivity contribution in [1.29, 1.82) is 5.26 Å². The monoisotopic (exact) mass is 342 g/mol. The Morgan fingerprint density at radius 1 is 1.00 bits per heavy atom. The van der Waals surface area contributed by atoms with Crippen molar-refractivity contribution >= 4 is 23.6 Å². The number of rotatable bonds is 12. The Morgan fingerprint density at radius 3 is 1.91 bits per heavy atom. The summed E-state index contributed by atoms with van der Waals surface area (Å²) in [6, 6.07) is 0. The van der Waals surface area contributed by atoms with E-state index in [9.17, 15) is 9.59 Å². The topological polar surface area (TPSA) is 90.2 Å². The quantitative estimate of drug-likeness (QED) is 0.320. The van der Waals surface area contributed by atoms with E-state index in [1.54, 1.807) is 20.0 Å². The third-order valence-corrected chi connectivity index (χ3v) is 5.20. The normalized spacial score (nSPS) is 11.8. The van der Waals surface area contributed by atoms with E-state index in [1.165, 1.54) is 0 Å². The van der Waals surface area contributed by atoms with Crippen molar-refractivity contribution in [2.75, 3.05) is 11.5 Å². The molecule has 23 heavy (non-hydrogen) atoms. The summed E-state index contributed by atoms with van der Waals surface area (Å²) in [5.74, 6) is 1.16. The number of carbonyl (C=O) groups is 2. The number of nitriles is 1. The molecule has 2 N–H and O–H groups in total. The van der Waals surface area contributed by atoms with E-state index in [2.05, 4.69) is 5.32 Å². The molecule has 0 rings (SSSR count). The van der Waals surface area contributed by atoms with Gasteiger partial charge in [0.15, 0.2) is 6.19 Å². The molecule has 0 aromatic carbocycles. The molecule has 1 amide bonds. The molecule has 0 atom stereocenters. The van der Waals surface area contributed by atoms with E-state index in [-0.39, 0.29) is 5.91 Å². The van der Waals surface area contributed by atoms with Crippen molar-refractivity contribution in [2.45, 2.75) is 66.2 Å². The fourth-order valence-electron chi connectivity index (χ4n) is 2.08. The van der Waals surface area contributed by atoms with E-state index < -0.39 is 16.8 Å². The molecule has 0 aromatic heterocycles. The van der Waals surface area contributed by atoms with Crippen LogP contribution in [0.2, 0.25) is 0 Å². The molecule has 0 aliphatic carbocycles. The van der Waals surface area contributed by atoms with E-state index in [0.717, 1.165) is 43.6 Å². The van der Waals surface area contributed by atoms with E-state index in [1.807, 2.05) is 25.6 Å². The minimum atomic E-state index is -0.729. The largest absolute Gasteiger partial charge is 0.481 e. The van der Waals surface area contributed by atoms with Crippen molar-refractivity contribution in [1.82, 2.24) is 5.32 Å². The van der Waals surface area contributed by atoms with Crippen LogP contribution >= 0.6 is 11.8 Å². The summed E-state index contributed by atoms with van der Waals surface area (Å²) in [4.78, 5) is 22.6. The zero-order valence-corrected chi connectivity index (χ0v) is 15.6. The number of aliphatic carboxylic acids is 1. The predicted molar refractivity (Wildman–Crippen MR) is 94.0 cm³/mol. The van der Waals surface area contributed by atoms with Crippen LogP contribution in [0.25, 0.3) is 0 Å². The first-order valence-electron chi connectivity index (χ1n) is 8.14. The number of nitrogens with one attached hydrogen (secondary N) is 1. The number of carboxylic acids is 1. The first-order valence-corrected chi connectivity index (χ1v) is 9.29. The number of carboxylic acid groups (broad SMARTS) is 1. The molecule has 0 aromatic rings. The van der Waals surface area contributed by atoms with Crippen LogP contribution in [-0.2, 0) is 9.59 Å². The summed E-state index contributed by atoms with van der Waals surface area (Å²) in [5, 5.41) is 19.7. The Morgan fingerprint density at radius 2 is 1.48 bits per heavy atom. The fourth-order valence-corrected chi connectivity index (χ4v) is 3.11. The van der Waals surface area contributed by atoms with Gasteiger partial charge in [0.1, 0.15) is 0 Å². The van der Waals surface area contributed by atoms with Crippen molar-refractivity contribution < 1.29 is 14.7 Å². The second-order valence-electron chi connectivity index (χ2n) is 7.17. The van der Waals surface area contributed by atoms with Gasteiger partial charge in [-0.2, -0.15) is 17.0 Å². The zero-order chi connectivity index (χ0) is 17.9. The highest BCUT2D eigenvalue weighted by molar-refractivity contribution is 7.99. The molecule has 0 heterocycles. The van der Waals surface area contributed by atoms with Gasteiger partial charge in [-0.15, -0.1) is 0 Å². The van der Waals surface area contributed by atoms with Gasteiger partial charge in [-0.3, -0.25) is 14.9 Å². The molecule has 0 radical (unpaired) electrons. The molecule has 0 bridgehead atoms. The second kappa shape index (κ2) is 10.5. The molecule has 0 fully saturated rings. The Bertz CT molecular complexity index is 428. The van der Waals surface area contributed by atoms with Crippen LogP contribution in [0.4, 0.5) is 0 Å². The second-order valence-corrected chi connectivity index (χ2v) is 8.39. The van der Waals surface area contributed by atoms with Gasteiger partial charge in [-0.25, -0.2) is 0 Å². The van der Waals surface area contributed by atoms with Gasteiger partial charge in [0.05, 0.1) is 5.41 Å². The summed E-state index contributed by atoms with van der Waals surface area (Å²) in [6.45, 7) is 7.26. The molecule has 0 aliphatic rings. The van der Waals surface area contributed by atoms with Gasteiger partial charge in [0, 0.05) is 5.41 Å². The fraction of sp³-hybridized carbons (Fsp3) is 0.824. The van der Waals surface area contributed by atoms with E-state index >= 15 is 0 Å². The highest BCUT2D eigenvalue weighted by atomic mass is 32.2. The van der Waals surface area contributed by atoms with Crippen molar-refractivity contribution in [3.63, 3.8) is 0 Å². The Kier molecular flexibility index (Phi) is 9.98. The Balaban J connectivity index is 3.63. The smallest absolute Gasteiger partial charge is 0.309 e. The van der Waals surface area contributed by atoms with Gasteiger partial charge in [-0.1, -0.05) is 26.7 Å². The summed E-state index contributed by atoms with van der Waals surface area (Å²) in [6.07, 6.45) is 7.16. The first kappa shape index (κ1) is 21.8. The molecule has 0 saturated heterocycles. The third-order valence-electron chi connectivity index (χ3n) is 4.04. The number of nitrogens with zero attached hydrogens (tertiary/aromatic N) is 1. The molecular weight excluding hydrogens is 312 g/mol. The SMILES string of the molecule is CC(C)(CCCCSCCCCC(C)(C)C(=O)NC#N)C(=O)O.